The fourth-order valence-corrected chi connectivity index (χ4v) is 2.74. The van der Waals surface area contributed by atoms with E-state index >= 15 is 0 Å². The van der Waals surface area contributed by atoms with Gasteiger partial charge in [-0.25, -0.2) is 0 Å². The van der Waals surface area contributed by atoms with Crippen LogP contribution in [0, 0.1) is 0 Å². The van der Waals surface area contributed by atoms with Gasteiger partial charge in [-0.15, -0.1) is 0 Å². The van der Waals surface area contributed by atoms with Gasteiger partial charge in [0.1, 0.15) is 0 Å². The molecule has 25 heavy (non-hydrogen) atoms. The van der Waals surface area contributed by atoms with Gasteiger partial charge in [-0.1, -0.05) is 48.5 Å². The molecule has 0 spiro atoms. The molecule has 0 aliphatic carbocycles. The molecule has 0 atom stereocenters. The zero-order valence-electron chi connectivity index (χ0n) is 14.3. The van der Waals surface area contributed by atoms with Crippen LogP contribution in [-0.2, 0) is 0 Å². The Morgan fingerprint density at radius 1 is 1.00 bits per heavy atom. The van der Waals surface area contributed by atoms with E-state index in [1.165, 1.54) is 5.69 Å². The first-order valence-electron chi connectivity index (χ1n) is 8.43. The molecule has 4 heteroatoms. The summed E-state index contributed by atoms with van der Waals surface area (Å²) in [5.74, 6) is 0.189. The Hall–Kier alpha value is -3.01. The maximum Gasteiger partial charge on any atom is 0.287 e. The van der Waals surface area contributed by atoms with Crippen LogP contribution in [0.5, 0.6) is 0 Å². The van der Waals surface area contributed by atoms with Crippen LogP contribution >= 0.6 is 0 Å². The average Bonchev–Trinajstić information content (AvgIpc) is 3.16. The third-order valence-corrected chi connectivity index (χ3v) is 4.11. The third kappa shape index (κ3) is 4.29. The van der Waals surface area contributed by atoms with Crippen LogP contribution in [0.25, 0.3) is 11.1 Å². The van der Waals surface area contributed by atoms with Crippen molar-refractivity contribution in [1.82, 2.24) is 5.32 Å². The Bertz CT molecular complexity index is 797. The van der Waals surface area contributed by atoms with Crippen molar-refractivity contribution >= 4 is 11.6 Å². The molecule has 0 unspecified atom stereocenters. The van der Waals surface area contributed by atoms with Crippen molar-refractivity contribution in [3.05, 3.63) is 78.8 Å². The lowest BCUT2D eigenvalue weighted by atomic mass is 10.1. The molecule has 0 aliphatic heterocycles. The van der Waals surface area contributed by atoms with Gasteiger partial charge in [0.15, 0.2) is 5.76 Å². The lowest BCUT2D eigenvalue weighted by molar-refractivity contribution is 0.0926. The quantitative estimate of drug-likeness (QED) is 0.659. The van der Waals surface area contributed by atoms with Crippen LogP contribution in [0.1, 0.15) is 17.0 Å². The van der Waals surface area contributed by atoms with E-state index in [-0.39, 0.29) is 5.91 Å². The molecule has 0 bridgehead atoms. The first-order chi connectivity index (χ1) is 12.3. The second-order valence-corrected chi connectivity index (χ2v) is 5.90. The average molecular weight is 334 g/mol. The van der Waals surface area contributed by atoms with Gasteiger partial charge in [0, 0.05) is 31.4 Å². The second-order valence-electron chi connectivity index (χ2n) is 5.90. The summed E-state index contributed by atoms with van der Waals surface area (Å²) in [7, 11) is 2.05. The zero-order chi connectivity index (χ0) is 17.5. The fourth-order valence-electron chi connectivity index (χ4n) is 2.74. The van der Waals surface area contributed by atoms with Crippen LogP contribution < -0.4 is 10.2 Å². The van der Waals surface area contributed by atoms with E-state index in [1.54, 1.807) is 6.26 Å². The number of furan rings is 1. The Balaban J connectivity index is 1.52. The smallest absolute Gasteiger partial charge is 0.287 e. The minimum atomic E-state index is -0.175. The van der Waals surface area contributed by atoms with Gasteiger partial charge in [-0.2, -0.15) is 0 Å². The highest BCUT2D eigenvalue weighted by atomic mass is 16.3. The first kappa shape index (κ1) is 16.8. The van der Waals surface area contributed by atoms with Crippen LogP contribution in [0.15, 0.2) is 77.4 Å². The summed E-state index contributed by atoms with van der Waals surface area (Å²) in [6.07, 6.45) is 2.42. The van der Waals surface area contributed by atoms with Crippen molar-refractivity contribution < 1.29 is 9.21 Å². The first-order valence-corrected chi connectivity index (χ1v) is 8.43. The number of benzene rings is 2. The topological polar surface area (TPSA) is 45.5 Å². The molecule has 1 N–H and O–H groups in total. The number of anilines is 1. The lowest BCUT2D eigenvalue weighted by Gasteiger charge is -2.19. The number of hydrogen-bond acceptors (Lipinski definition) is 3. The van der Waals surface area contributed by atoms with Crippen LogP contribution in [0.2, 0.25) is 0 Å². The summed E-state index contributed by atoms with van der Waals surface area (Å²) in [4.78, 5) is 14.6. The Kier molecular flexibility index (Phi) is 5.52. The summed E-state index contributed by atoms with van der Waals surface area (Å²) in [5, 5.41) is 2.94. The highest BCUT2D eigenvalue weighted by Gasteiger charge is 2.16. The molecular formula is C21H22N2O2. The minimum absolute atomic E-state index is 0.175. The predicted molar refractivity (Wildman–Crippen MR) is 101 cm³/mol. The molecule has 0 saturated heterocycles. The summed E-state index contributed by atoms with van der Waals surface area (Å²) < 4.78 is 5.41. The molecule has 0 saturated carbocycles. The van der Waals surface area contributed by atoms with Gasteiger partial charge >= 0.3 is 0 Å². The van der Waals surface area contributed by atoms with Crippen molar-refractivity contribution in [3.63, 3.8) is 0 Å². The molecule has 128 valence electrons. The summed E-state index contributed by atoms with van der Waals surface area (Å²) in [5.41, 5.74) is 2.97. The summed E-state index contributed by atoms with van der Waals surface area (Å²) in [6, 6.07) is 21.8. The summed E-state index contributed by atoms with van der Waals surface area (Å²) >= 11 is 0. The number of nitrogens with zero attached hydrogens (tertiary/aromatic N) is 1. The highest BCUT2D eigenvalue weighted by molar-refractivity contribution is 5.98. The number of amides is 1. The molecule has 3 aromatic rings. The predicted octanol–water partition coefficient (Wildman–Crippen LogP) is 4.20. The number of hydrogen-bond donors (Lipinski definition) is 1. The van der Waals surface area contributed by atoms with E-state index in [1.807, 2.05) is 54.6 Å². The van der Waals surface area contributed by atoms with Crippen molar-refractivity contribution in [2.45, 2.75) is 6.42 Å². The molecule has 1 heterocycles. The number of nitrogens with one attached hydrogen (secondary N) is 1. The van der Waals surface area contributed by atoms with E-state index < -0.39 is 0 Å². The maximum atomic E-state index is 12.4. The van der Waals surface area contributed by atoms with E-state index in [9.17, 15) is 4.79 Å². The molecule has 1 aromatic heterocycles. The van der Waals surface area contributed by atoms with Gasteiger partial charge in [0.25, 0.3) is 5.91 Å². The lowest BCUT2D eigenvalue weighted by Crippen LogP contribution is -2.28. The van der Waals surface area contributed by atoms with Crippen molar-refractivity contribution in [3.8, 4) is 11.1 Å². The zero-order valence-corrected chi connectivity index (χ0v) is 14.3. The Morgan fingerprint density at radius 2 is 1.68 bits per heavy atom. The van der Waals surface area contributed by atoms with E-state index in [0.717, 1.165) is 24.1 Å². The fraction of sp³-hybridized carbons (Fsp3) is 0.190. The maximum absolute atomic E-state index is 12.4. The van der Waals surface area contributed by atoms with Crippen molar-refractivity contribution in [2.75, 3.05) is 25.0 Å². The highest BCUT2D eigenvalue weighted by Crippen LogP contribution is 2.24. The second kappa shape index (κ2) is 8.20. The number of rotatable bonds is 7. The van der Waals surface area contributed by atoms with Crippen LogP contribution in [-0.4, -0.2) is 26.0 Å². The Labute approximate surface area is 148 Å². The van der Waals surface area contributed by atoms with Crippen molar-refractivity contribution in [2.24, 2.45) is 0 Å². The van der Waals surface area contributed by atoms with Gasteiger partial charge in [-0.05, 0) is 30.2 Å². The molecular weight excluding hydrogens is 312 g/mol. The van der Waals surface area contributed by atoms with Gasteiger partial charge in [0.05, 0.1) is 6.26 Å². The number of carbonyl (C=O) groups excluding carboxylic acids is 1. The molecule has 2 aromatic carbocycles. The van der Waals surface area contributed by atoms with Gasteiger partial charge < -0.3 is 14.6 Å². The van der Waals surface area contributed by atoms with Crippen LogP contribution in [0.3, 0.4) is 0 Å². The number of carbonyl (C=O) groups is 1. The third-order valence-electron chi connectivity index (χ3n) is 4.11. The minimum Gasteiger partial charge on any atom is -0.459 e. The van der Waals surface area contributed by atoms with Crippen molar-refractivity contribution in [1.29, 1.82) is 0 Å². The number of para-hydroxylation sites is 1. The normalized spacial score (nSPS) is 10.4. The molecule has 3 rings (SSSR count). The summed E-state index contributed by atoms with van der Waals surface area (Å²) in [6.45, 7) is 1.47. The van der Waals surface area contributed by atoms with Gasteiger partial charge in [-0.3, -0.25) is 4.79 Å². The molecule has 1 amide bonds. The van der Waals surface area contributed by atoms with Gasteiger partial charge in [0.2, 0.25) is 0 Å². The van der Waals surface area contributed by atoms with E-state index in [4.69, 9.17) is 4.42 Å². The van der Waals surface area contributed by atoms with Crippen LogP contribution in [0.4, 0.5) is 5.69 Å². The molecule has 0 fully saturated rings. The van der Waals surface area contributed by atoms with E-state index in [0.29, 0.717) is 12.3 Å². The Morgan fingerprint density at radius 3 is 2.40 bits per heavy atom. The molecule has 0 aliphatic rings. The largest absolute Gasteiger partial charge is 0.459 e. The monoisotopic (exact) mass is 334 g/mol. The SMILES string of the molecule is CN(CCCNC(=O)c1occc1-c1ccccc1)c1ccccc1. The standard InChI is InChI=1S/C21H22N2O2/c1-23(18-11-6-3-7-12-18)15-8-14-22-21(24)20-19(13-16-25-20)17-9-4-2-5-10-17/h2-7,9-13,16H,8,14-15H2,1H3,(H,22,24). The van der Waals surface area contributed by atoms with E-state index in [2.05, 4.69) is 29.4 Å². The molecule has 0 radical (unpaired) electrons. The molecule has 4 nitrogen and oxygen atoms in total.